The van der Waals surface area contributed by atoms with Gasteiger partial charge in [-0.2, -0.15) is 0 Å². The molecule has 0 aromatic heterocycles. The normalized spacial score (nSPS) is 19.2. The first-order valence-corrected chi connectivity index (χ1v) is 6.26. The van der Waals surface area contributed by atoms with Crippen LogP contribution in [0.25, 0.3) is 0 Å². The van der Waals surface area contributed by atoms with Crippen molar-refractivity contribution >= 4 is 5.91 Å². The summed E-state index contributed by atoms with van der Waals surface area (Å²) in [5.74, 6) is 0.0158. The molecule has 17 heavy (non-hydrogen) atoms. The van der Waals surface area contributed by atoms with Crippen LogP contribution in [0, 0.1) is 0 Å². The topological polar surface area (TPSA) is 38.3 Å². The summed E-state index contributed by atoms with van der Waals surface area (Å²) in [6.07, 6.45) is 2.65. The van der Waals surface area contributed by atoms with E-state index in [1.165, 1.54) is 5.56 Å². The summed E-state index contributed by atoms with van der Waals surface area (Å²) in [6, 6.07) is 8.34. The second-order valence-electron chi connectivity index (χ2n) is 4.39. The zero-order valence-electron chi connectivity index (χ0n) is 10.2. The van der Waals surface area contributed by atoms with Gasteiger partial charge in [0.2, 0.25) is 5.91 Å². The SMILES string of the molecule is CCc1ccc(CNC(=O)C2CCCO2)cc1. The molecule has 92 valence electrons. The second-order valence-corrected chi connectivity index (χ2v) is 4.39. The van der Waals surface area contributed by atoms with E-state index in [0.29, 0.717) is 13.2 Å². The van der Waals surface area contributed by atoms with Crippen LogP contribution in [0.1, 0.15) is 30.9 Å². The van der Waals surface area contributed by atoms with Crippen molar-refractivity contribution < 1.29 is 9.53 Å². The van der Waals surface area contributed by atoms with Crippen LogP contribution in [0.15, 0.2) is 24.3 Å². The maximum atomic E-state index is 11.7. The summed E-state index contributed by atoms with van der Waals surface area (Å²) >= 11 is 0. The van der Waals surface area contributed by atoms with E-state index in [1.807, 2.05) is 0 Å². The molecule has 1 N–H and O–H groups in total. The largest absolute Gasteiger partial charge is 0.368 e. The molecule has 0 radical (unpaired) electrons. The standard InChI is InChI=1S/C14H19NO2/c1-2-11-5-7-12(8-6-11)10-15-14(16)13-4-3-9-17-13/h5-8,13H,2-4,9-10H2,1H3,(H,15,16). The van der Waals surface area contributed by atoms with Crippen molar-refractivity contribution in [2.45, 2.75) is 38.8 Å². The number of carbonyl (C=O) groups is 1. The smallest absolute Gasteiger partial charge is 0.249 e. The lowest BCUT2D eigenvalue weighted by atomic mass is 10.1. The molecular weight excluding hydrogens is 214 g/mol. The molecule has 1 aromatic carbocycles. The molecule has 1 heterocycles. The van der Waals surface area contributed by atoms with Crippen LogP contribution in [0.2, 0.25) is 0 Å². The molecule has 0 aliphatic carbocycles. The number of hydrogen-bond acceptors (Lipinski definition) is 2. The second kappa shape index (κ2) is 5.82. The predicted octanol–water partition coefficient (Wildman–Crippen LogP) is 2.04. The molecule has 1 aliphatic heterocycles. The van der Waals surface area contributed by atoms with Gasteiger partial charge in [0.05, 0.1) is 0 Å². The number of aryl methyl sites for hydroxylation is 1. The molecule has 1 atom stereocenters. The van der Waals surface area contributed by atoms with Gasteiger partial charge < -0.3 is 10.1 Å². The number of benzene rings is 1. The van der Waals surface area contributed by atoms with Crippen LogP contribution < -0.4 is 5.32 Å². The summed E-state index contributed by atoms with van der Waals surface area (Å²) in [5.41, 5.74) is 2.45. The van der Waals surface area contributed by atoms with Gasteiger partial charge in [0.25, 0.3) is 0 Å². The summed E-state index contributed by atoms with van der Waals surface area (Å²) in [5, 5.41) is 2.91. The third-order valence-electron chi connectivity index (χ3n) is 3.12. The average Bonchev–Trinajstić information content (AvgIpc) is 2.90. The van der Waals surface area contributed by atoms with Gasteiger partial charge in [0, 0.05) is 13.2 Å². The van der Waals surface area contributed by atoms with Crippen LogP contribution >= 0.6 is 0 Å². The lowest BCUT2D eigenvalue weighted by Gasteiger charge is -2.10. The zero-order valence-corrected chi connectivity index (χ0v) is 10.2. The van der Waals surface area contributed by atoms with Gasteiger partial charge in [0.15, 0.2) is 0 Å². The molecule has 1 saturated heterocycles. The van der Waals surface area contributed by atoms with E-state index >= 15 is 0 Å². The minimum Gasteiger partial charge on any atom is -0.368 e. The van der Waals surface area contributed by atoms with Crippen LogP contribution in [-0.4, -0.2) is 18.6 Å². The first-order valence-electron chi connectivity index (χ1n) is 6.26. The third kappa shape index (κ3) is 3.30. The van der Waals surface area contributed by atoms with E-state index < -0.39 is 0 Å². The van der Waals surface area contributed by atoms with Crippen molar-refractivity contribution in [3.05, 3.63) is 35.4 Å². The highest BCUT2D eigenvalue weighted by atomic mass is 16.5. The van der Waals surface area contributed by atoms with E-state index in [2.05, 4.69) is 36.5 Å². The Bertz CT molecular complexity index is 366. The molecule has 1 fully saturated rings. The minimum absolute atomic E-state index is 0.0158. The molecule has 1 unspecified atom stereocenters. The molecule has 0 bridgehead atoms. The van der Waals surface area contributed by atoms with E-state index in [0.717, 1.165) is 24.8 Å². The van der Waals surface area contributed by atoms with Gasteiger partial charge in [-0.3, -0.25) is 4.79 Å². The Morgan fingerprint density at radius 2 is 2.06 bits per heavy atom. The summed E-state index contributed by atoms with van der Waals surface area (Å²) in [7, 11) is 0. The zero-order chi connectivity index (χ0) is 12.1. The summed E-state index contributed by atoms with van der Waals surface area (Å²) < 4.78 is 5.33. The van der Waals surface area contributed by atoms with Gasteiger partial charge >= 0.3 is 0 Å². The predicted molar refractivity (Wildman–Crippen MR) is 66.6 cm³/mol. The Morgan fingerprint density at radius 1 is 1.35 bits per heavy atom. The Kier molecular flexibility index (Phi) is 4.15. The first-order chi connectivity index (χ1) is 8.29. The van der Waals surface area contributed by atoms with Crippen molar-refractivity contribution in [3.63, 3.8) is 0 Å². The highest BCUT2D eigenvalue weighted by Crippen LogP contribution is 2.12. The van der Waals surface area contributed by atoms with Crippen molar-refractivity contribution in [1.82, 2.24) is 5.32 Å². The van der Waals surface area contributed by atoms with Crippen molar-refractivity contribution in [3.8, 4) is 0 Å². The monoisotopic (exact) mass is 233 g/mol. The molecule has 1 aromatic rings. The van der Waals surface area contributed by atoms with Crippen LogP contribution in [0.3, 0.4) is 0 Å². The Balaban J connectivity index is 1.82. The maximum absolute atomic E-state index is 11.7. The molecule has 0 saturated carbocycles. The van der Waals surface area contributed by atoms with Gasteiger partial charge in [-0.25, -0.2) is 0 Å². The average molecular weight is 233 g/mol. The lowest BCUT2D eigenvalue weighted by molar-refractivity contribution is -0.130. The molecule has 1 amide bonds. The van der Waals surface area contributed by atoms with Crippen LogP contribution in [-0.2, 0) is 22.5 Å². The fourth-order valence-electron chi connectivity index (χ4n) is 1.98. The Morgan fingerprint density at radius 3 is 2.65 bits per heavy atom. The van der Waals surface area contributed by atoms with Crippen molar-refractivity contribution in [2.75, 3.05) is 6.61 Å². The number of rotatable bonds is 4. The van der Waals surface area contributed by atoms with Gasteiger partial charge in [-0.15, -0.1) is 0 Å². The summed E-state index contributed by atoms with van der Waals surface area (Å²) in [4.78, 5) is 11.7. The fourth-order valence-corrected chi connectivity index (χ4v) is 1.98. The van der Waals surface area contributed by atoms with Crippen molar-refractivity contribution in [1.29, 1.82) is 0 Å². The molecule has 3 heteroatoms. The third-order valence-corrected chi connectivity index (χ3v) is 3.12. The molecule has 3 nitrogen and oxygen atoms in total. The molecule has 0 spiro atoms. The maximum Gasteiger partial charge on any atom is 0.249 e. The van der Waals surface area contributed by atoms with E-state index in [4.69, 9.17) is 4.74 Å². The van der Waals surface area contributed by atoms with E-state index in [-0.39, 0.29) is 12.0 Å². The number of carbonyl (C=O) groups excluding carboxylic acids is 1. The molecule has 2 rings (SSSR count). The Hall–Kier alpha value is -1.35. The lowest BCUT2D eigenvalue weighted by Crippen LogP contribution is -2.33. The highest BCUT2D eigenvalue weighted by molar-refractivity contribution is 5.80. The number of nitrogens with one attached hydrogen (secondary N) is 1. The fraction of sp³-hybridized carbons (Fsp3) is 0.500. The molecule has 1 aliphatic rings. The summed E-state index contributed by atoms with van der Waals surface area (Å²) in [6.45, 7) is 3.43. The van der Waals surface area contributed by atoms with Crippen molar-refractivity contribution in [2.24, 2.45) is 0 Å². The van der Waals surface area contributed by atoms with Gasteiger partial charge in [-0.05, 0) is 30.4 Å². The van der Waals surface area contributed by atoms with Gasteiger partial charge in [-0.1, -0.05) is 31.2 Å². The van der Waals surface area contributed by atoms with Crippen LogP contribution in [0.4, 0.5) is 0 Å². The molecular formula is C14H19NO2. The Labute approximate surface area is 102 Å². The van der Waals surface area contributed by atoms with Gasteiger partial charge in [0.1, 0.15) is 6.10 Å². The highest BCUT2D eigenvalue weighted by Gasteiger charge is 2.22. The number of hydrogen-bond donors (Lipinski definition) is 1. The van der Waals surface area contributed by atoms with E-state index in [1.54, 1.807) is 0 Å². The number of amides is 1. The first kappa shape index (κ1) is 12.1. The number of ether oxygens (including phenoxy) is 1. The van der Waals surface area contributed by atoms with E-state index in [9.17, 15) is 4.79 Å². The quantitative estimate of drug-likeness (QED) is 0.864. The van der Waals surface area contributed by atoms with Crippen LogP contribution in [0.5, 0.6) is 0 Å². The minimum atomic E-state index is -0.232.